The van der Waals surface area contributed by atoms with Crippen molar-refractivity contribution in [2.45, 2.75) is 26.1 Å². The molecule has 0 bridgehead atoms. The first-order valence-corrected chi connectivity index (χ1v) is 9.90. The van der Waals surface area contributed by atoms with Gasteiger partial charge in [-0.1, -0.05) is 30.3 Å². The van der Waals surface area contributed by atoms with Gasteiger partial charge in [-0.05, 0) is 62.0 Å². The Morgan fingerprint density at radius 1 is 1.10 bits per heavy atom. The average Bonchev–Trinajstić information content (AvgIpc) is 3.13. The van der Waals surface area contributed by atoms with Crippen molar-refractivity contribution in [1.82, 2.24) is 9.80 Å². The molecular weight excluding hydrogens is 400 g/mol. The Bertz CT molecular complexity index is 968. The zero-order valence-electron chi connectivity index (χ0n) is 17.3. The van der Waals surface area contributed by atoms with Crippen LogP contribution in [0.5, 0.6) is 5.75 Å². The van der Waals surface area contributed by atoms with Gasteiger partial charge in [0.25, 0.3) is 5.91 Å². The summed E-state index contributed by atoms with van der Waals surface area (Å²) >= 11 is 0. The summed E-state index contributed by atoms with van der Waals surface area (Å²) in [5, 5.41) is 0. The molecule has 0 saturated carbocycles. The molecule has 2 heterocycles. The molecule has 0 aliphatic carbocycles. The molecule has 1 aliphatic rings. The Balaban J connectivity index is 0.00000256. The van der Waals surface area contributed by atoms with E-state index in [0.29, 0.717) is 25.3 Å². The summed E-state index contributed by atoms with van der Waals surface area (Å²) in [5.41, 5.74) is 2.95. The second kappa shape index (κ2) is 9.83. The van der Waals surface area contributed by atoms with Crippen LogP contribution in [0.2, 0.25) is 0 Å². The fourth-order valence-electron chi connectivity index (χ4n) is 3.55. The Labute approximate surface area is 183 Å². The Morgan fingerprint density at radius 3 is 2.53 bits per heavy atom. The number of para-hydroxylation sites is 1. The standard InChI is InChI=1S/C24H26N2O3.ClH/c1-25(2)15-22-14-20-12-13-26(16-23(20)29-22)24(27)19-10-8-18(9-11-19)17-28-21-6-4-3-5-7-21;/h3-11,14H,12-13,15-17H2,1-2H3;1H. The highest BCUT2D eigenvalue weighted by atomic mass is 35.5. The van der Waals surface area contributed by atoms with Crippen LogP contribution in [-0.4, -0.2) is 36.3 Å². The molecule has 6 heteroatoms. The highest BCUT2D eigenvalue weighted by molar-refractivity contribution is 5.94. The van der Waals surface area contributed by atoms with Crippen LogP contribution in [0, 0.1) is 0 Å². The molecule has 1 aliphatic heterocycles. The number of ether oxygens (including phenoxy) is 1. The van der Waals surface area contributed by atoms with Gasteiger partial charge in [-0.2, -0.15) is 0 Å². The molecule has 30 heavy (non-hydrogen) atoms. The van der Waals surface area contributed by atoms with E-state index < -0.39 is 0 Å². The van der Waals surface area contributed by atoms with Crippen molar-refractivity contribution in [1.29, 1.82) is 0 Å². The van der Waals surface area contributed by atoms with Crippen molar-refractivity contribution >= 4 is 18.3 Å². The van der Waals surface area contributed by atoms with Gasteiger partial charge in [0, 0.05) is 12.1 Å². The summed E-state index contributed by atoms with van der Waals surface area (Å²) in [4.78, 5) is 16.9. The molecule has 0 unspecified atom stereocenters. The largest absolute Gasteiger partial charge is 0.489 e. The van der Waals surface area contributed by atoms with Crippen molar-refractivity contribution in [3.8, 4) is 5.75 Å². The van der Waals surface area contributed by atoms with Gasteiger partial charge in [-0.15, -0.1) is 12.4 Å². The van der Waals surface area contributed by atoms with E-state index in [1.54, 1.807) is 0 Å². The van der Waals surface area contributed by atoms with E-state index in [1.165, 1.54) is 5.56 Å². The average molecular weight is 427 g/mol. The molecule has 0 atom stereocenters. The number of hydrogen-bond acceptors (Lipinski definition) is 4. The van der Waals surface area contributed by atoms with Gasteiger partial charge in [0.2, 0.25) is 0 Å². The molecule has 0 fully saturated rings. The molecule has 0 radical (unpaired) electrons. The Hall–Kier alpha value is -2.76. The molecule has 4 rings (SSSR count). The number of hydrogen-bond donors (Lipinski definition) is 0. The highest BCUT2D eigenvalue weighted by Gasteiger charge is 2.25. The summed E-state index contributed by atoms with van der Waals surface area (Å²) in [6.07, 6.45) is 0.834. The molecule has 5 nitrogen and oxygen atoms in total. The van der Waals surface area contributed by atoms with Crippen LogP contribution in [-0.2, 0) is 26.1 Å². The first-order chi connectivity index (χ1) is 14.1. The van der Waals surface area contributed by atoms with Crippen molar-refractivity contribution in [3.63, 3.8) is 0 Å². The number of nitrogens with zero attached hydrogens (tertiary/aromatic N) is 2. The molecule has 1 amide bonds. The summed E-state index contributed by atoms with van der Waals surface area (Å²) in [7, 11) is 4.04. The summed E-state index contributed by atoms with van der Waals surface area (Å²) in [6, 6.07) is 19.5. The van der Waals surface area contributed by atoms with Crippen molar-refractivity contribution in [2.24, 2.45) is 0 Å². The molecular formula is C24H27ClN2O3. The van der Waals surface area contributed by atoms with E-state index in [9.17, 15) is 4.79 Å². The molecule has 158 valence electrons. The number of rotatable bonds is 6. The number of carbonyl (C=O) groups is 1. The van der Waals surface area contributed by atoms with Gasteiger partial charge >= 0.3 is 0 Å². The minimum atomic E-state index is 0. The summed E-state index contributed by atoms with van der Waals surface area (Å²) in [6.45, 7) is 2.49. The highest BCUT2D eigenvalue weighted by Crippen LogP contribution is 2.25. The summed E-state index contributed by atoms with van der Waals surface area (Å²) < 4.78 is 11.7. The van der Waals surface area contributed by atoms with Crippen LogP contribution in [0.3, 0.4) is 0 Å². The molecule has 0 N–H and O–H groups in total. The lowest BCUT2D eigenvalue weighted by Crippen LogP contribution is -2.35. The van der Waals surface area contributed by atoms with E-state index in [4.69, 9.17) is 9.15 Å². The van der Waals surface area contributed by atoms with Crippen LogP contribution in [0.25, 0.3) is 0 Å². The molecule has 0 spiro atoms. The lowest BCUT2D eigenvalue weighted by Gasteiger charge is -2.26. The van der Waals surface area contributed by atoms with E-state index in [-0.39, 0.29) is 18.3 Å². The van der Waals surface area contributed by atoms with Crippen LogP contribution in [0.1, 0.15) is 33.0 Å². The predicted molar refractivity (Wildman–Crippen MR) is 119 cm³/mol. The third-order valence-corrected chi connectivity index (χ3v) is 5.04. The normalized spacial score (nSPS) is 13.0. The van der Waals surface area contributed by atoms with Gasteiger partial charge in [0.1, 0.15) is 23.9 Å². The van der Waals surface area contributed by atoms with Crippen molar-refractivity contribution in [3.05, 3.63) is 88.9 Å². The van der Waals surface area contributed by atoms with Crippen LogP contribution in [0.4, 0.5) is 0 Å². The van der Waals surface area contributed by atoms with Crippen LogP contribution in [0.15, 0.2) is 65.1 Å². The number of benzene rings is 2. The minimum Gasteiger partial charge on any atom is -0.489 e. The SMILES string of the molecule is CN(C)Cc1cc2c(o1)CN(C(=O)c1ccc(COc3ccccc3)cc1)CC2.Cl. The fourth-order valence-corrected chi connectivity index (χ4v) is 3.55. The number of carbonyl (C=O) groups excluding carboxylic acids is 1. The Kier molecular flexibility index (Phi) is 7.19. The second-order valence-electron chi connectivity index (χ2n) is 7.67. The topological polar surface area (TPSA) is 45.9 Å². The second-order valence-corrected chi connectivity index (χ2v) is 7.67. The monoisotopic (exact) mass is 426 g/mol. The molecule has 1 aromatic heterocycles. The Morgan fingerprint density at radius 2 is 1.83 bits per heavy atom. The van der Waals surface area contributed by atoms with Crippen LogP contribution >= 0.6 is 12.4 Å². The van der Waals surface area contributed by atoms with E-state index in [2.05, 4.69) is 11.0 Å². The van der Waals surface area contributed by atoms with Crippen molar-refractivity contribution < 1.29 is 13.9 Å². The van der Waals surface area contributed by atoms with E-state index in [1.807, 2.05) is 73.6 Å². The zero-order valence-corrected chi connectivity index (χ0v) is 18.2. The third-order valence-electron chi connectivity index (χ3n) is 5.04. The first kappa shape index (κ1) is 21.9. The van der Waals surface area contributed by atoms with Gasteiger partial charge in [0.15, 0.2) is 0 Å². The maximum Gasteiger partial charge on any atom is 0.254 e. The maximum atomic E-state index is 12.9. The van der Waals surface area contributed by atoms with Crippen LogP contribution < -0.4 is 4.74 Å². The summed E-state index contributed by atoms with van der Waals surface area (Å²) in [5.74, 6) is 2.74. The zero-order chi connectivity index (χ0) is 20.2. The number of amides is 1. The third kappa shape index (κ3) is 5.23. The molecule has 2 aromatic carbocycles. The number of furan rings is 1. The smallest absolute Gasteiger partial charge is 0.254 e. The number of halogens is 1. The van der Waals surface area contributed by atoms with E-state index in [0.717, 1.165) is 35.8 Å². The van der Waals surface area contributed by atoms with Gasteiger partial charge in [-0.3, -0.25) is 4.79 Å². The minimum absolute atomic E-state index is 0. The lowest BCUT2D eigenvalue weighted by molar-refractivity contribution is 0.0718. The fraction of sp³-hybridized carbons (Fsp3) is 0.292. The lowest BCUT2D eigenvalue weighted by atomic mass is 10.1. The first-order valence-electron chi connectivity index (χ1n) is 9.90. The van der Waals surface area contributed by atoms with Gasteiger partial charge in [-0.25, -0.2) is 0 Å². The van der Waals surface area contributed by atoms with Gasteiger partial charge in [0.05, 0.1) is 13.1 Å². The molecule has 0 saturated heterocycles. The predicted octanol–water partition coefficient (Wildman–Crippen LogP) is 4.54. The van der Waals surface area contributed by atoms with E-state index >= 15 is 0 Å². The van der Waals surface area contributed by atoms with Crippen molar-refractivity contribution in [2.75, 3.05) is 20.6 Å². The molecule has 3 aromatic rings. The van der Waals surface area contributed by atoms with Gasteiger partial charge < -0.3 is 19.0 Å². The number of fused-ring (bicyclic) bond motifs is 1. The quantitative estimate of drug-likeness (QED) is 0.580. The maximum absolute atomic E-state index is 12.9.